The van der Waals surface area contributed by atoms with E-state index in [1.54, 1.807) is 0 Å². The molecule has 114 valence electrons. The van der Waals surface area contributed by atoms with Crippen molar-refractivity contribution >= 4 is 5.97 Å². The van der Waals surface area contributed by atoms with Crippen LogP contribution in [-0.2, 0) is 16.0 Å². The second-order valence-corrected chi connectivity index (χ2v) is 6.02. The van der Waals surface area contributed by atoms with Gasteiger partial charge in [-0.15, -0.1) is 0 Å². The van der Waals surface area contributed by atoms with Gasteiger partial charge in [-0.1, -0.05) is 30.7 Å². The minimum Gasteiger partial charge on any atom is -0.481 e. The molecular formula is C17H23NO3. The summed E-state index contributed by atoms with van der Waals surface area (Å²) in [5.41, 5.74) is 2.83. The molecule has 4 heteroatoms. The predicted octanol–water partition coefficient (Wildman–Crippen LogP) is 2.63. The number of rotatable bonds is 3. The first-order chi connectivity index (χ1) is 10.3. The Morgan fingerprint density at radius 2 is 2.19 bits per heavy atom. The summed E-state index contributed by atoms with van der Waals surface area (Å²) in [6.07, 6.45) is 4.85. The largest absolute Gasteiger partial charge is 0.481 e. The number of hydrogen-bond donors (Lipinski definition) is 1. The molecule has 4 nitrogen and oxygen atoms in total. The number of morpholine rings is 1. The van der Waals surface area contributed by atoms with E-state index in [1.807, 2.05) is 0 Å². The average Bonchev–Trinajstić information content (AvgIpc) is 2.70. The molecule has 0 bridgehead atoms. The Labute approximate surface area is 125 Å². The van der Waals surface area contributed by atoms with E-state index in [-0.39, 0.29) is 12.5 Å². The van der Waals surface area contributed by atoms with Crippen LogP contribution in [0.25, 0.3) is 0 Å². The molecule has 2 atom stereocenters. The molecule has 2 unspecified atom stereocenters. The van der Waals surface area contributed by atoms with Gasteiger partial charge in [0.1, 0.15) is 0 Å². The lowest BCUT2D eigenvalue weighted by Gasteiger charge is -2.41. The fraction of sp³-hybridized carbons (Fsp3) is 0.588. The van der Waals surface area contributed by atoms with Gasteiger partial charge in [-0.3, -0.25) is 9.69 Å². The predicted molar refractivity (Wildman–Crippen MR) is 80.3 cm³/mol. The molecule has 0 saturated carbocycles. The number of benzene rings is 1. The van der Waals surface area contributed by atoms with E-state index in [2.05, 4.69) is 29.2 Å². The van der Waals surface area contributed by atoms with E-state index in [4.69, 9.17) is 9.84 Å². The molecule has 2 aliphatic rings. The molecule has 3 rings (SSSR count). The van der Waals surface area contributed by atoms with Gasteiger partial charge in [0.15, 0.2) is 0 Å². The topological polar surface area (TPSA) is 49.8 Å². The van der Waals surface area contributed by atoms with Crippen molar-refractivity contribution in [2.45, 2.75) is 44.2 Å². The highest BCUT2D eigenvalue weighted by molar-refractivity contribution is 5.67. The monoisotopic (exact) mass is 289 g/mol. The van der Waals surface area contributed by atoms with Gasteiger partial charge < -0.3 is 9.84 Å². The fourth-order valence-corrected chi connectivity index (χ4v) is 3.70. The van der Waals surface area contributed by atoms with E-state index >= 15 is 0 Å². The van der Waals surface area contributed by atoms with E-state index in [1.165, 1.54) is 24.0 Å². The van der Waals surface area contributed by atoms with Crippen molar-refractivity contribution in [2.75, 3.05) is 19.8 Å². The summed E-state index contributed by atoms with van der Waals surface area (Å²) >= 11 is 0. The Bertz CT molecular complexity index is 503. The van der Waals surface area contributed by atoms with Crippen molar-refractivity contribution in [2.24, 2.45) is 0 Å². The third-order valence-corrected chi connectivity index (χ3v) is 4.67. The highest BCUT2D eigenvalue weighted by Crippen LogP contribution is 2.35. The highest BCUT2D eigenvalue weighted by Gasteiger charge is 2.33. The minimum absolute atomic E-state index is 0.00703. The molecule has 0 amide bonds. The molecule has 1 aliphatic carbocycles. The van der Waals surface area contributed by atoms with Crippen molar-refractivity contribution in [3.8, 4) is 0 Å². The Kier molecular flexibility index (Phi) is 4.56. The van der Waals surface area contributed by atoms with Crippen LogP contribution in [0, 0.1) is 0 Å². The first-order valence-corrected chi connectivity index (χ1v) is 7.89. The van der Waals surface area contributed by atoms with Gasteiger partial charge in [0.25, 0.3) is 0 Å². The van der Waals surface area contributed by atoms with Crippen LogP contribution in [0.3, 0.4) is 0 Å². The van der Waals surface area contributed by atoms with Gasteiger partial charge in [0.2, 0.25) is 0 Å². The highest BCUT2D eigenvalue weighted by atomic mass is 16.5. The lowest BCUT2D eigenvalue weighted by molar-refractivity contribution is -0.141. The van der Waals surface area contributed by atoms with Crippen molar-refractivity contribution in [1.29, 1.82) is 0 Å². The second-order valence-electron chi connectivity index (χ2n) is 6.02. The number of hydrogen-bond acceptors (Lipinski definition) is 3. The number of fused-ring (bicyclic) bond motifs is 1. The van der Waals surface area contributed by atoms with Gasteiger partial charge in [-0.05, 0) is 30.4 Å². The van der Waals surface area contributed by atoms with E-state index in [9.17, 15) is 4.79 Å². The molecule has 1 aliphatic heterocycles. The van der Waals surface area contributed by atoms with Crippen LogP contribution in [0.4, 0.5) is 0 Å². The van der Waals surface area contributed by atoms with Crippen molar-refractivity contribution in [1.82, 2.24) is 4.90 Å². The van der Waals surface area contributed by atoms with Crippen LogP contribution < -0.4 is 0 Å². The third-order valence-electron chi connectivity index (χ3n) is 4.67. The van der Waals surface area contributed by atoms with Crippen molar-refractivity contribution in [3.05, 3.63) is 35.4 Å². The zero-order valence-corrected chi connectivity index (χ0v) is 12.3. The van der Waals surface area contributed by atoms with Crippen LogP contribution in [0.15, 0.2) is 24.3 Å². The summed E-state index contributed by atoms with van der Waals surface area (Å²) in [6, 6.07) is 8.99. The lowest BCUT2D eigenvalue weighted by atomic mass is 9.95. The number of nitrogens with zero attached hydrogens (tertiary/aromatic N) is 1. The summed E-state index contributed by atoms with van der Waals surface area (Å²) in [5.74, 6) is -0.739. The average molecular weight is 289 g/mol. The lowest BCUT2D eigenvalue weighted by Crippen LogP contribution is -2.48. The zero-order valence-electron chi connectivity index (χ0n) is 12.3. The van der Waals surface area contributed by atoms with Crippen LogP contribution >= 0.6 is 0 Å². The van der Waals surface area contributed by atoms with Gasteiger partial charge in [-0.2, -0.15) is 0 Å². The molecule has 0 spiro atoms. The number of aliphatic carboxylic acids is 1. The Balaban J connectivity index is 1.88. The van der Waals surface area contributed by atoms with E-state index in [0.717, 1.165) is 19.4 Å². The first kappa shape index (κ1) is 14.5. The Morgan fingerprint density at radius 1 is 1.33 bits per heavy atom. The van der Waals surface area contributed by atoms with Gasteiger partial charge in [0.05, 0.1) is 19.6 Å². The quantitative estimate of drug-likeness (QED) is 0.869. The van der Waals surface area contributed by atoms with Crippen LogP contribution in [0.5, 0.6) is 0 Å². The maximum atomic E-state index is 11.1. The zero-order chi connectivity index (χ0) is 14.7. The third kappa shape index (κ3) is 3.27. The summed E-state index contributed by atoms with van der Waals surface area (Å²) < 4.78 is 5.52. The smallest absolute Gasteiger partial charge is 0.305 e. The molecule has 1 heterocycles. The number of aryl methyl sites for hydroxylation is 1. The Morgan fingerprint density at radius 3 is 3.05 bits per heavy atom. The number of carboxylic acid groups (broad SMARTS) is 1. The minimum atomic E-state index is -0.739. The van der Waals surface area contributed by atoms with Crippen molar-refractivity contribution < 1.29 is 14.6 Å². The number of ether oxygens (including phenoxy) is 1. The second kappa shape index (κ2) is 6.58. The molecule has 1 aromatic rings. The maximum Gasteiger partial charge on any atom is 0.305 e. The van der Waals surface area contributed by atoms with Crippen molar-refractivity contribution in [3.63, 3.8) is 0 Å². The normalized spacial score (nSPS) is 26.9. The first-order valence-electron chi connectivity index (χ1n) is 7.89. The molecular weight excluding hydrogens is 266 g/mol. The summed E-state index contributed by atoms with van der Waals surface area (Å²) in [4.78, 5) is 13.5. The molecule has 1 fully saturated rings. The SMILES string of the molecule is O=C(O)CC1COCCN1C1CCCCc2ccccc21. The molecule has 21 heavy (non-hydrogen) atoms. The molecule has 1 N–H and O–H groups in total. The maximum absolute atomic E-state index is 11.1. The summed E-state index contributed by atoms with van der Waals surface area (Å²) in [6.45, 7) is 2.07. The molecule has 1 aromatic carbocycles. The molecule has 0 radical (unpaired) electrons. The number of carboxylic acids is 1. The molecule has 1 saturated heterocycles. The van der Waals surface area contributed by atoms with Crippen LogP contribution in [0.2, 0.25) is 0 Å². The summed E-state index contributed by atoms with van der Waals surface area (Å²) in [7, 11) is 0. The Hall–Kier alpha value is -1.39. The van der Waals surface area contributed by atoms with Gasteiger partial charge in [-0.25, -0.2) is 0 Å². The standard InChI is InChI=1S/C17H23NO3/c19-17(20)11-14-12-21-10-9-18(14)16-8-4-2-6-13-5-1-3-7-15(13)16/h1,3,5,7,14,16H,2,4,6,8-12H2,(H,19,20). The number of carbonyl (C=O) groups is 1. The van der Waals surface area contributed by atoms with Gasteiger partial charge in [0, 0.05) is 18.6 Å². The molecule has 0 aromatic heterocycles. The van der Waals surface area contributed by atoms with E-state index in [0.29, 0.717) is 19.3 Å². The van der Waals surface area contributed by atoms with E-state index < -0.39 is 5.97 Å². The van der Waals surface area contributed by atoms with Crippen LogP contribution in [-0.4, -0.2) is 41.8 Å². The van der Waals surface area contributed by atoms with Crippen LogP contribution in [0.1, 0.15) is 42.9 Å². The summed E-state index contributed by atoms with van der Waals surface area (Å²) in [5, 5.41) is 9.15. The van der Waals surface area contributed by atoms with Gasteiger partial charge >= 0.3 is 5.97 Å². The fourth-order valence-electron chi connectivity index (χ4n) is 3.70.